The molecule has 5 heteroatoms. The third-order valence-corrected chi connectivity index (χ3v) is 5.39. The fourth-order valence-corrected chi connectivity index (χ4v) is 4.25. The Kier molecular flexibility index (Phi) is 4.21. The molecule has 1 aliphatic heterocycles. The van der Waals surface area contributed by atoms with Crippen molar-refractivity contribution >= 4 is 16.6 Å². The summed E-state index contributed by atoms with van der Waals surface area (Å²) in [7, 11) is 3.75. The highest BCUT2D eigenvalue weighted by Crippen LogP contribution is 2.45. The number of hydrogen-bond acceptors (Lipinski definition) is 5. The third kappa shape index (κ3) is 2.70. The lowest BCUT2D eigenvalue weighted by Crippen LogP contribution is -2.45. The van der Waals surface area contributed by atoms with E-state index in [4.69, 9.17) is 5.73 Å². The van der Waals surface area contributed by atoms with Gasteiger partial charge in [0.05, 0.1) is 17.6 Å². The first-order valence-electron chi connectivity index (χ1n) is 9.15. The number of nitrogens with two attached hydrogens (primary N) is 1. The van der Waals surface area contributed by atoms with Crippen LogP contribution >= 0.6 is 0 Å². The number of carbonyl (C=O) groups excluding carboxylic acids is 1. The Labute approximate surface area is 158 Å². The summed E-state index contributed by atoms with van der Waals surface area (Å²) in [5.41, 5.74) is 9.44. The largest absolute Gasteiger partial charge is 0.383 e. The maximum absolute atomic E-state index is 12.9. The number of allylic oxidation sites excluding steroid dienone is 3. The number of benzene rings is 2. The normalized spacial score (nSPS) is 20.3. The van der Waals surface area contributed by atoms with E-state index in [1.165, 1.54) is 0 Å². The molecule has 0 fully saturated rings. The van der Waals surface area contributed by atoms with Crippen LogP contribution in [0.25, 0.3) is 10.8 Å². The van der Waals surface area contributed by atoms with E-state index in [1.807, 2.05) is 54.4 Å². The number of carbonyl (C=O) groups is 1. The number of rotatable bonds is 2. The van der Waals surface area contributed by atoms with Crippen LogP contribution in [0.5, 0.6) is 0 Å². The van der Waals surface area contributed by atoms with Crippen LogP contribution in [0.4, 0.5) is 0 Å². The summed E-state index contributed by atoms with van der Waals surface area (Å²) in [6.45, 7) is 0. The number of Topliss-reactive ketones (excluding diaryl/α,β-unsaturated/α-hetero) is 1. The maximum Gasteiger partial charge on any atom is 0.161 e. The molecule has 136 valence electrons. The molecular weight excluding hydrogens is 336 g/mol. The molecule has 2 aromatic rings. The minimum Gasteiger partial charge on any atom is -0.383 e. The zero-order valence-electron chi connectivity index (χ0n) is 15.6. The SMILES string of the molecule is CN(C)N1C(N)=C(C#N)C(c2ccc3ccccc3c2)C2=C1CCCC2=O. The Morgan fingerprint density at radius 3 is 2.59 bits per heavy atom. The molecule has 0 bridgehead atoms. The van der Waals surface area contributed by atoms with Crippen LogP contribution in [0.15, 0.2) is 65.1 Å². The molecule has 0 radical (unpaired) electrons. The van der Waals surface area contributed by atoms with Crippen LogP contribution in [0, 0.1) is 11.3 Å². The van der Waals surface area contributed by atoms with Crippen LogP contribution in [-0.2, 0) is 4.79 Å². The number of hydrogen-bond donors (Lipinski definition) is 1. The highest BCUT2D eigenvalue weighted by Gasteiger charge is 2.40. The third-order valence-electron chi connectivity index (χ3n) is 5.39. The van der Waals surface area contributed by atoms with Crippen molar-refractivity contribution in [2.75, 3.05) is 14.1 Å². The van der Waals surface area contributed by atoms with Gasteiger partial charge in [-0.2, -0.15) is 5.26 Å². The van der Waals surface area contributed by atoms with Crippen LogP contribution in [-0.4, -0.2) is 29.9 Å². The topological polar surface area (TPSA) is 73.4 Å². The van der Waals surface area contributed by atoms with Gasteiger partial charge in [-0.25, -0.2) is 5.01 Å². The minimum atomic E-state index is -0.404. The molecule has 0 saturated carbocycles. The molecule has 1 aliphatic carbocycles. The smallest absolute Gasteiger partial charge is 0.161 e. The molecule has 2 N–H and O–H groups in total. The van der Waals surface area contributed by atoms with Gasteiger partial charge in [-0.1, -0.05) is 42.5 Å². The summed E-state index contributed by atoms with van der Waals surface area (Å²) in [5.74, 6) is 0.120. The number of nitriles is 1. The quantitative estimate of drug-likeness (QED) is 0.890. The molecule has 0 amide bonds. The second-order valence-electron chi connectivity index (χ2n) is 7.25. The number of nitrogens with zero attached hydrogens (tertiary/aromatic N) is 3. The van der Waals surface area contributed by atoms with Crippen molar-refractivity contribution in [3.8, 4) is 6.07 Å². The summed E-state index contributed by atoms with van der Waals surface area (Å²) in [5, 5.41) is 15.8. The molecule has 2 aromatic carbocycles. The Morgan fingerprint density at radius 2 is 1.89 bits per heavy atom. The standard InChI is InChI=1S/C22H22N4O/c1-25(2)26-18-8-5-9-19(27)21(18)20(17(13-23)22(26)24)16-11-10-14-6-3-4-7-15(14)12-16/h3-4,6-7,10-12,20H,5,8-9,24H2,1-2H3. The van der Waals surface area contributed by atoms with Gasteiger partial charge in [0.1, 0.15) is 5.82 Å². The molecular formula is C22H22N4O. The number of ketones is 1. The number of hydrazine groups is 1. The van der Waals surface area contributed by atoms with Gasteiger partial charge in [0.15, 0.2) is 5.78 Å². The van der Waals surface area contributed by atoms with Crippen LogP contribution in [0.3, 0.4) is 0 Å². The van der Waals surface area contributed by atoms with Gasteiger partial charge in [0, 0.05) is 31.8 Å². The van der Waals surface area contributed by atoms with E-state index < -0.39 is 5.92 Å². The summed E-state index contributed by atoms with van der Waals surface area (Å²) in [6, 6.07) is 16.5. The highest BCUT2D eigenvalue weighted by molar-refractivity contribution is 6.00. The fraction of sp³-hybridized carbons (Fsp3) is 0.273. The first kappa shape index (κ1) is 17.3. The van der Waals surface area contributed by atoms with Crippen LogP contribution in [0.1, 0.15) is 30.7 Å². The van der Waals surface area contributed by atoms with Gasteiger partial charge in [-0.3, -0.25) is 9.80 Å². The molecule has 4 rings (SSSR count). The second-order valence-corrected chi connectivity index (χ2v) is 7.25. The van der Waals surface area contributed by atoms with Crippen molar-refractivity contribution in [1.82, 2.24) is 10.0 Å². The zero-order valence-corrected chi connectivity index (χ0v) is 15.6. The zero-order chi connectivity index (χ0) is 19.1. The van der Waals surface area contributed by atoms with E-state index in [0.717, 1.165) is 40.4 Å². The van der Waals surface area contributed by atoms with Crippen molar-refractivity contribution in [3.63, 3.8) is 0 Å². The molecule has 27 heavy (non-hydrogen) atoms. The van der Waals surface area contributed by atoms with Gasteiger partial charge < -0.3 is 5.73 Å². The summed E-state index contributed by atoms with van der Waals surface area (Å²) in [4.78, 5) is 12.9. The van der Waals surface area contributed by atoms with E-state index in [0.29, 0.717) is 17.8 Å². The van der Waals surface area contributed by atoms with E-state index in [1.54, 1.807) is 0 Å². The number of fused-ring (bicyclic) bond motifs is 1. The van der Waals surface area contributed by atoms with Gasteiger partial charge in [0.25, 0.3) is 0 Å². The van der Waals surface area contributed by atoms with Gasteiger partial charge >= 0.3 is 0 Å². The first-order chi connectivity index (χ1) is 13.0. The van der Waals surface area contributed by atoms with E-state index in [2.05, 4.69) is 18.2 Å². The molecule has 0 aromatic heterocycles. The Hall–Kier alpha value is -3.10. The van der Waals surface area contributed by atoms with Crippen molar-refractivity contribution in [3.05, 3.63) is 70.7 Å². The van der Waals surface area contributed by atoms with Crippen molar-refractivity contribution < 1.29 is 4.79 Å². The lowest BCUT2D eigenvalue weighted by atomic mass is 9.76. The molecule has 0 spiro atoms. The summed E-state index contributed by atoms with van der Waals surface area (Å²) < 4.78 is 0. The van der Waals surface area contributed by atoms with Gasteiger partial charge in [-0.15, -0.1) is 0 Å². The monoisotopic (exact) mass is 358 g/mol. The fourth-order valence-electron chi connectivity index (χ4n) is 4.25. The predicted octanol–water partition coefficient (Wildman–Crippen LogP) is 3.42. The van der Waals surface area contributed by atoms with Crippen molar-refractivity contribution in [2.45, 2.75) is 25.2 Å². The molecule has 0 saturated heterocycles. The van der Waals surface area contributed by atoms with Crippen LogP contribution in [0.2, 0.25) is 0 Å². The molecule has 2 aliphatic rings. The van der Waals surface area contributed by atoms with E-state index >= 15 is 0 Å². The van der Waals surface area contributed by atoms with Gasteiger partial charge in [0.2, 0.25) is 0 Å². The lowest BCUT2D eigenvalue weighted by molar-refractivity contribution is -0.116. The molecule has 1 atom stereocenters. The maximum atomic E-state index is 12.9. The predicted molar refractivity (Wildman–Crippen MR) is 105 cm³/mol. The average molecular weight is 358 g/mol. The molecule has 5 nitrogen and oxygen atoms in total. The Balaban J connectivity index is 1.97. The lowest BCUT2D eigenvalue weighted by Gasteiger charge is -2.42. The second kappa shape index (κ2) is 6.57. The molecule has 1 unspecified atom stereocenters. The summed E-state index contributed by atoms with van der Waals surface area (Å²) >= 11 is 0. The first-order valence-corrected chi connectivity index (χ1v) is 9.15. The molecule has 1 heterocycles. The summed E-state index contributed by atoms with van der Waals surface area (Å²) in [6.07, 6.45) is 2.10. The Morgan fingerprint density at radius 1 is 1.15 bits per heavy atom. The Bertz CT molecular complexity index is 1040. The van der Waals surface area contributed by atoms with Crippen molar-refractivity contribution in [1.29, 1.82) is 5.26 Å². The van der Waals surface area contributed by atoms with Crippen molar-refractivity contribution in [2.24, 2.45) is 5.73 Å². The van der Waals surface area contributed by atoms with Crippen LogP contribution < -0.4 is 5.73 Å². The van der Waals surface area contributed by atoms with Gasteiger partial charge in [-0.05, 0) is 29.2 Å². The van der Waals surface area contributed by atoms with E-state index in [9.17, 15) is 10.1 Å². The average Bonchev–Trinajstić information content (AvgIpc) is 2.66. The minimum absolute atomic E-state index is 0.113. The van der Waals surface area contributed by atoms with E-state index in [-0.39, 0.29) is 5.78 Å². The highest BCUT2D eigenvalue weighted by atomic mass is 16.1.